The summed E-state index contributed by atoms with van der Waals surface area (Å²) in [7, 11) is -0.525. The Hall–Kier alpha value is -1.61. The molecular formula is C19H31BFN3O4. The number of rotatable bonds is 4. The van der Waals surface area contributed by atoms with Crippen LogP contribution in [0.25, 0.3) is 0 Å². The summed E-state index contributed by atoms with van der Waals surface area (Å²) in [5.41, 5.74) is -1.24. The van der Waals surface area contributed by atoms with E-state index in [9.17, 15) is 9.18 Å². The standard InChI is InChI=1S/C19H31BFN3O4/c1-16(2,3)26-15(25)23-12-19(13-23,8-9-21)24-11-14(10-22-24)20-27-17(4,5)18(6,7)28-20/h10-11H,8-9,12-13H2,1-7H3. The van der Waals surface area contributed by atoms with Crippen LogP contribution >= 0.6 is 0 Å². The van der Waals surface area contributed by atoms with Crippen molar-refractivity contribution in [1.82, 2.24) is 14.7 Å². The summed E-state index contributed by atoms with van der Waals surface area (Å²) in [5.74, 6) is 0. The molecule has 0 saturated carbocycles. The van der Waals surface area contributed by atoms with Crippen LogP contribution in [0, 0.1) is 0 Å². The first-order valence-corrected chi connectivity index (χ1v) is 9.73. The van der Waals surface area contributed by atoms with Crippen molar-refractivity contribution in [2.45, 2.75) is 77.2 Å². The SMILES string of the molecule is CC(C)(C)OC(=O)N1CC(CCF)(n2cc(B3OC(C)(C)C(C)(C)O3)cn2)C1. The molecule has 156 valence electrons. The quantitative estimate of drug-likeness (QED) is 0.733. The lowest BCUT2D eigenvalue weighted by Gasteiger charge is -2.49. The number of hydrogen-bond donors (Lipinski definition) is 0. The minimum absolute atomic E-state index is 0.275. The minimum Gasteiger partial charge on any atom is -0.444 e. The Kier molecular flexibility index (Phi) is 5.07. The van der Waals surface area contributed by atoms with Crippen LogP contribution < -0.4 is 5.46 Å². The predicted octanol–water partition coefficient (Wildman–Crippen LogP) is 2.49. The lowest BCUT2D eigenvalue weighted by Crippen LogP contribution is -2.65. The number of halogens is 1. The van der Waals surface area contributed by atoms with Gasteiger partial charge >= 0.3 is 13.2 Å². The Morgan fingerprint density at radius 2 is 1.82 bits per heavy atom. The second-order valence-corrected chi connectivity index (χ2v) is 9.81. The van der Waals surface area contributed by atoms with Crippen LogP contribution in [0.5, 0.6) is 0 Å². The fourth-order valence-corrected chi connectivity index (χ4v) is 3.41. The van der Waals surface area contributed by atoms with Crippen molar-refractivity contribution in [2.75, 3.05) is 19.8 Å². The molecule has 2 aliphatic heterocycles. The van der Waals surface area contributed by atoms with Crippen molar-refractivity contribution in [1.29, 1.82) is 0 Å². The molecule has 2 aliphatic rings. The van der Waals surface area contributed by atoms with E-state index in [-0.39, 0.29) is 12.5 Å². The van der Waals surface area contributed by atoms with Crippen LogP contribution in [-0.2, 0) is 19.6 Å². The smallest absolute Gasteiger partial charge is 0.444 e. The summed E-state index contributed by atoms with van der Waals surface area (Å²) < 4.78 is 32.6. The molecule has 0 atom stereocenters. The first-order valence-electron chi connectivity index (χ1n) is 9.73. The van der Waals surface area contributed by atoms with Gasteiger partial charge in [-0.3, -0.25) is 9.07 Å². The Morgan fingerprint density at radius 3 is 2.32 bits per heavy atom. The van der Waals surface area contributed by atoms with E-state index in [1.165, 1.54) is 0 Å². The zero-order valence-corrected chi connectivity index (χ0v) is 17.9. The highest BCUT2D eigenvalue weighted by molar-refractivity contribution is 6.62. The zero-order chi connectivity index (χ0) is 21.0. The van der Waals surface area contributed by atoms with Crippen LogP contribution in [0.1, 0.15) is 54.9 Å². The highest BCUT2D eigenvalue weighted by atomic mass is 19.1. The summed E-state index contributed by atoms with van der Waals surface area (Å²) in [5, 5.41) is 4.45. The van der Waals surface area contributed by atoms with Gasteiger partial charge in [-0.1, -0.05) is 0 Å². The molecule has 0 aromatic carbocycles. The number of alkyl halides is 1. The van der Waals surface area contributed by atoms with Gasteiger partial charge < -0.3 is 18.9 Å². The largest absolute Gasteiger partial charge is 0.498 e. The molecule has 0 aliphatic carbocycles. The molecule has 0 spiro atoms. The highest BCUT2D eigenvalue weighted by Gasteiger charge is 2.53. The number of ether oxygens (including phenoxy) is 1. The first kappa shape index (κ1) is 21.1. The van der Waals surface area contributed by atoms with Gasteiger partial charge in [-0.15, -0.1) is 0 Å². The monoisotopic (exact) mass is 395 g/mol. The predicted molar refractivity (Wildman–Crippen MR) is 104 cm³/mol. The van der Waals surface area contributed by atoms with Crippen molar-refractivity contribution >= 4 is 18.7 Å². The Labute approximate surface area is 166 Å². The summed E-state index contributed by atoms with van der Waals surface area (Å²) in [4.78, 5) is 13.8. The van der Waals surface area contributed by atoms with Gasteiger partial charge in [-0.2, -0.15) is 5.10 Å². The van der Waals surface area contributed by atoms with Gasteiger partial charge in [0.25, 0.3) is 0 Å². The molecule has 0 unspecified atom stereocenters. The molecule has 28 heavy (non-hydrogen) atoms. The van der Waals surface area contributed by atoms with E-state index in [1.807, 2.05) is 54.7 Å². The summed E-state index contributed by atoms with van der Waals surface area (Å²) in [6, 6.07) is 0. The molecule has 0 N–H and O–H groups in total. The lowest BCUT2D eigenvalue weighted by molar-refractivity contribution is -0.0379. The van der Waals surface area contributed by atoms with E-state index in [0.717, 1.165) is 5.46 Å². The molecular weight excluding hydrogens is 364 g/mol. The second kappa shape index (κ2) is 6.73. The number of carbonyl (C=O) groups is 1. The minimum atomic E-state index is -0.576. The average molecular weight is 395 g/mol. The number of aromatic nitrogens is 2. The Balaban J connectivity index is 1.73. The number of hydrogen-bond acceptors (Lipinski definition) is 5. The Morgan fingerprint density at radius 1 is 1.25 bits per heavy atom. The maximum Gasteiger partial charge on any atom is 0.498 e. The number of carbonyl (C=O) groups excluding carboxylic acids is 1. The molecule has 1 aromatic heterocycles. The van der Waals surface area contributed by atoms with Crippen molar-refractivity contribution in [3.05, 3.63) is 12.4 Å². The number of likely N-dealkylation sites (tertiary alicyclic amines) is 1. The molecule has 2 fully saturated rings. The van der Waals surface area contributed by atoms with E-state index in [0.29, 0.717) is 13.1 Å². The van der Waals surface area contributed by atoms with Gasteiger partial charge in [-0.05, 0) is 48.5 Å². The zero-order valence-electron chi connectivity index (χ0n) is 17.9. The van der Waals surface area contributed by atoms with E-state index in [4.69, 9.17) is 14.0 Å². The van der Waals surface area contributed by atoms with Crippen molar-refractivity contribution in [3.8, 4) is 0 Å². The van der Waals surface area contributed by atoms with Gasteiger partial charge in [0.1, 0.15) is 11.1 Å². The molecule has 1 amide bonds. The second-order valence-electron chi connectivity index (χ2n) is 9.81. The summed E-state index contributed by atoms with van der Waals surface area (Å²) >= 11 is 0. The van der Waals surface area contributed by atoms with E-state index < -0.39 is 36.1 Å². The van der Waals surface area contributed by atoms with E-state index in [2.05, 4.69) is 5.10 Å². The molecule has 0 radical (unpaired) electrons. The number of amides is 1. The third-order valence-electron chi connectivity index (χ3n) is 5.80. The van der Waals surface area contributed by atoms with Gasteiger partial charge in [0.15, 0.2) is 0 Å². The van der Waals surface area contributed by atoms with E-state index >= 15 is 0 Å². The average Bonchev–Trinajstić information content (AvgIpc) is 3.04. The molecule has 2 saturated heterocycles. The molecule has 0 bridgehead atoms. The topological polar surface area (TPSA) is 65.8 Å². The van der Waals surface area contributed by atoms with Gasteiger partial charge in [0, 0.05) is 24.3 Å². The maximum atomic E-state index is 13.3. The van der Waals surface area contributed by atoms with Gasteiger partial charge in [-0.25, -0.2) is 4.79 Å². The van der Waals surface area contributed by atoms with Gasteiger partial charge in [0.05, 0.1) is 31.0 Å². The third-order valence-corrected chi connectivity index (χ3v) is 5.80. The molecule has 7 nitrogen and oxygen atoms in total. The van der Waals surface area contributed by atoms with Crippen molar-refractivity contribution in [2.24, 2.45) is 0 Å². The van der Waals surface area contributed by atoms with Crippen LogP contribution in [-0.4, -0.2) is 64.5 Å². The number of nitrogens with zero attached hydrogens (tertiary/aromatic N) is 3. The molecule has 3 rings (SSSR count). The molecule has 1 aromatic rings. The summed E-state index contributed by atoms with van der Waals surface area (Å²) in [6.07, 6.45) is 3.42. The van der Waals surface area contributed by atoms with Crippen LogP contribution in [0.4, 0.5) is 9.18 Å². The highest BCUT2D eigenvalue weighted by Crippen LogP contribution is 2.37. The normalized spacial score (nSPS) is 22.9. The van der Waals surface area contributed by atoms with Crippen LogP contribution in [0.3, 0.4) is 0 Å². The lowest BCUT2D eigenvalue weighted by atomic mass is 9.81. The van der Waals surface area contributed by atoms with Gasteiger partial charge in [0.2, 0.25) is 0 Å². The Bertz CT molecular complexity index is 722. The summed E-state index contributed by atoms with van der Waals surface area (Å²) in [6.45, 7) is 13.7. The third kappa shape index (κ3) is 3.78. The van der Waals surface area contributed by atoms with Crippen molar-refractivity contribution < 1.29 is 23.2 Å². The van der Waals surface area contributed by atoms with Crippen LogP contribution in [0.2, 0.25) is 0 Å². The molecule has 3 heterocycles. The fraction of sp³-hybridized carbons (Fsp3) is 0.789. The van der Waals surface area contributed by atoms with E-state index in [1.54, 1.807) is 15.8 Å². The first-order chi connectivity index (χ1) is 12.8. The fourth-order valence-electron chi connectivity index (χ4n) is 3.41. The van der Waals surface area contributed by atoms with Crippen molar-refractivity contribution in [3.63, 3.8) is 0 Å². The van der Waals surface area contributed by atoms with Crippen LogP contribution in [0.15, 0.2) is 12.4 Å². The molecule has 9 heteroatoms. The maximum absolute atomic E-state index is 13.3.